The van der Waals surface area contributed by atoms with Gasteiger partial charge in [-0.15, -0.1) is 0 Å². The summed E-state index contributed by atoms with van der Waals surface area (Å²) in [7, 11) is 0. The molecular formula is C6H12O5. The first-order chi connectivity index (χ1) is 5.07. The zero-order valence-corrected chi connectivity index (χ0v) is 5.97. The van der Waals surface area contributed by atoms with Gasteiger partial charge in [-0.1, -0.05) is 0 Å². The first-order valence-corrected chi connectivity index (χ1v) is 3.27. The summed E-state index contributed by atoms with van der Waals surface area (Å²) in [5.74, 6) is -1.31. The zero-order chi connectivity index (χ0) is 8.85. The predicted octanol–water partition coefficient (Wildman–Crippen LogP) is -1.43. The van der Waals surface area contributed by atoms with E-state index in [1.807, 2.05) is 0 Å². The molecule has 0 bridgehead atoms. The van der Waals surface area contributed by atoms with E-state index in [4.69, 9.17) is 20.4 Å². The Bertz CT molecular complexity index is 124. The summed E-state index contributed by atoms with van der Waals surface area (Å²) in [5.41, 5.74) is 0. The van der Waals surface area contributed by atoms with Gasteiger partial charge in [-0.05, 0) is 12.8 Å². The van der Waals surface area contributed by atoms with Gasteiger partial charge in [-0.25, -0.2) is 4.79 Å². The second kappa shape index (κ2) is 5.06. The van der Waals surface area contributed by atoms with Gasteiger partial charge < -0.3 is 20.4 Å². The number of hydrogen-bond acceptors (Lipinski definition) is 4. The van der Waals surface area contributed by atoms with Crippen LogP contribution in [0.5, 0.6) is 0 Å². The van der Waals surface area contributed by atoms with Crippen LogP contribution in [0.4, 0.5) is 0 Å². The van der Waals surface area contributed by atoms with E-state index in [-0.39, 0.29) is 12.8 Å². The molecule has 0 amide bonds. The van der Waals surface area contributed by atoms with Gasteiger partial charge in [-0.2, -0.15) is 0 Å². The fourth-order valence-corrected chi connectivity index (χ4v) is 0.565. The Morgan fingerprint density at radius 2 is 1.82 bits per heavy atom. The Morgan fingerprint density at radius 1 is 1.27 bits per heavy atom. The van der Waals surface area contributed by atoms with E-state index in [1.54, 1.807) is 0 Å². The van der Waals surface area contributed by atoms with Crippen LogP contribution >= 0.6 is 0 Å². The molecule has 66 valence electrons. The molecule has 0 rings (SSSR count). The third-order valence-corrected chi connectivity index (χ3v) is 1.27. The monoisotopic (exact) mass is 164 g/mol. The molecule has 0 unspecified atom stereocenters. The molecule has 0 aliphatic carbocycles. The van der Waals surface area contributed by atoms with Crippen molar-refractivity contribution in [3.8, 4) is 0 Å². The van der Waals surface area contributed by atoms with Gasteiger partial charge in [-0.3, -0.25) is 0 Å². The fourth-order valence-electron chi connectivity index (χ4n) is 0.565. The summed E-state index contributed by atoms with van der Waals surface area (Å²) in [5, 5.41) is 33.9. The minimum Gasteiger partial charge on any atom is -0.479 e. The summed E-state index contributed by atoms with van der Waals surface area (Å²) in [4.78, 5) is 10.0. The smallest absolute Gasteiger partial charge is 0.332 e. The van der Waals surface area contributed by atoms with E-state index in [0.717, 1.165) is 0 Å². The molecule has 0 aliphatic heterocycles. The maximum absolute atomic E-state index is 10.0. The van der Waals surface area contributed by atoms with E-state index in [0.29, 0.717) is 0 Å². The van der Waals surface area contributed by atoms with Crippen LogP contribution in [0.2, 0.25) is 0 Å². The van der Waals surface area contributed by atoms with Crippen molar-refractivity contribution in [2.24, 2.45) is 0 Å². The third kappa shape index (κ3) is 4.72. The van der Waals surface area contributed by atoms with Crippen LogP contribution in [0.3, 0.4) is 0 Å². The molecule has 0 aromatic heterocycles. The number of carbonyl (C=O) groups is 1. The van der Waals surface area contributed by atoms with E-state index < -0.39 is 24.8 Å². The molecule has 0 fully saturated rings. The van der Waals surface area contributed by atoms with Gasteiger partial charge in [0, 0.05) is 0 Å². The summed E-state index contributed by atoms with van der Waals surface area (Å²) < 4.78 is 0. The lowest BCUT2D eigenvalue weighted by Gasteiger charge is -2.08. The van der Waals surface area contributed by atoms with Crippen LogP contribution in [0.15, 0.2) is 0 Å². The summed E-state index contributed by atoms with van der Waals surface area (Å²) >= 11 is 0. The fraction of sp³-hybridized carbons (Fsp3) is 0.833. The van der Waals surface area contributed by atoms with Gasteiger partial charge in [0.1, 0.15) is 0 Å². The predicted molar refractivity (Wildman–Crippen MR) is 36.0 cm³/mol. The highest BCUT2D eigenvalue weighted by Crippen LogP contribution is 2.00. The van der Waals surface area contributed by atoms with Crippen LogP contribution in [-0.2, 0) is 4.79 Å². The molecule has 4 N–H and O–H groups in total. The quantitative estimate of drug-likeness (QED) is 0.399. The first-order valence-electron chi connectivity index (χ1n) is 3.27. The Morgan fingerprint density at radius 3 is 2.18 bits per heavy atom. The number of aliphatic carboxylic acids is 1. The highest BCUT2D eigenvalue weighted by Gasteiger charge is 2.14. The van der Waals surface area contributed by atoms with Crippen LogP contribution in [0.25, 0.3) is 0 Å². The lowest BCUT2D eigenvalue weighted by atomic mass is 10.1. The maximum Gasteiger partial charge on any atom is 0.332 e. The Kier molecular flexibility index (Phi) is 4.76. The van der Waals surface area contributed by atoms with Crippen molar-refractivity contribution in [1.82, 2.24) is 0 Å². The van der Waals surface area contributed by atoms with E-state index in [2.05, 4.69) is 0 Å². The average Bonchev–Trinajstić information content (AvgIpc) is 1.99. The first kappa shape index (κ1) is 10.3. The highest BCUT2D eigenvalue weighted by molar-refractivity contribution is 5.71. The molecule has 0 saturated carbocycles. The topological polar surface area (TPSA) is 98.0 Å². The van der Waals surface area contributed by atoms with Gasteiger partial charge in [0.25, 0.3) is 0 Å². The Hall–Kier alpha value is -0.650. The van der Waals surface area contributed by atoms with E-state index in [9.17, 15) is 4.79 Å². The number of hydrogen-bond donors (Lipinski definition) is 4. The average molecular weight is 164 g/mol. The molecule has 5 heteroatoms. The minimum atomic E-state index is -1.45. The summed E-state index contributed by atoms with van der Waals surface area (Å²) in [6.45, 7) is -0.410. The minimum absolute atomic E-state index is 0.0446. The van der Waals surface area contributed by atoms with Crippen molar-refractivity contribution < 1.29 is 25.2 Å². The third-order valence-electron chi connectivity index (χ3n) is 1.27. The van der Waals surface area contributed by atoms with Crippen LogP contribution in [-0.4, -0.2) is 45.2 Å². The van der Waals surface area contributed by atoms with Crippen LogP contribution in [0.1, 0.15) is 12.8 Å². The number of rotatable bonds is 5. The molecule has 2 atom stereocenters. The highest BCUT2D eigenvalue weighted by atomic mass is 16.4. The van der Waals surface area contributed by atoms with Crippen LogP contribution in [0, 0.1) is 0 Å². The molecule has 0 radical (unpaired) electrons. The second-order valence-electron chi connectivity index (χ2n) is 2.27. The molecule has 0 aliphatic rings. The lowest BCUT2D eigenvalue weighted by molar-refractivity contribution is -0.147. The van der Waals surface area contributed by atoms with Crippen molar-refractivity contribution in [1.29, 1.82) is 0 Å². The largest absolute Gasteiger partial charge is 0.479 e. The number of carboxylic acids is 1. The van der Waals surface area contributed by atoms with Crippen molar-refractivity contribution in [3.63, 3.8) is 0 Å². The Balaban J connectivity index is 3.45. The molecule has 0 saturated heterocycles. The van der Waals surface area contributed by atoms with Crippen LogP contribution < -0.4 is 0 Å². The zero-order valence-electron chi connectivity index (χ0n) is 5.97. The van der Waals surface area contributed by atoms with E-state index >= 15 is 0 Å². The molecule has 0 heterocycles. The number of aliphatic hydroxyl groups is 3. The molecular weight excluding hydrogens is 152 g/mol. The van der Waals surface area contributed by atoms with Crippen molar-refractivity contribution >= 4 is 5.97 Å². The van der Waals surface area contributed by atoms with Crippen molar-refractivity contribution in [3.05, 3.63) is 0 Å². The van der Waals surface area contributed by atoms with Gasteiger partial charge in [0.05, 0.1) is 12.7 Å². The van der Waals surface area contributed by atoms with Gasteiger partial charge >= 0.3 is 5.97 Å². The maximum atomic E-state index is 10.0. The second-order valence-corrected chi connectivity index (χ2v) is 2.27. The molecule has 5 nitrogen and oxygen atoms in total. The Labute approximate surface area is 63.9 Å². The molecule has 0 spiro atoms. The number of aliphatic hydroxyl groups excluding tert-OH is 3. The van der Waals surface area contributed by atoms with E-state index in [1.165, 1.54) is 0 Å². The summed E-state index contributed by atoms with van der Waals surface area (Å²) in [6.07, 6.45) is -2.35. The lowest BCUT2D eigenvalue weighted by Crippen LogP contribution is -2.22. The van der Waals surface area contributed by atoms with Gasteiger partial charge in [0.15, 0.2) is 6.10 Å². The van der Waals surface area contributed by atoms with Crippen molar-refractivity contribution in [2.45, 2.75) is 25.0 Å². The number of carboxylic acid groups (broad SMARTS) is 1. The summed E-state index contributed by atoms with van der Waals surface area (Å²) in [6, 6.07) is 0. The normalized spacial score (nSPS) is 15.9. The molecule has 0 aromatic carbocycles. The van der Waals surface area contributed by atoms with Crippen molar-refractivity contribution in [2.75, 3.05) is 6.61 Å². The molecule has 0 aromatic rings. The standard InChI is InChI=1S/C6H12O5/c7-3-4(8)1-2-5(9)6(10)11/h4-5,7-9H,1-3H2,(H,10,11)/t4-,5-/m0/s1. The van der Waals surface area contributed by atoms with Gasteiger partial charge in [0.2, 0.25) is 0 Å². The molecule has 11 heavy (non-hydrogen) atoms. The SMILES string of the molecule is O=C(O)[C@@H](O)CC[C@H](O)CO.